The van der Waals surface area contributed by atoms with Crippen LogP contribution in [0, 0.1) is 18.3 Å². The molecule has 20 heavy (non-hydrogen) atoms. The maximum absolute atomic E-state index is 12.1. The van der Waals surface area contributed by atoms with Crippen molar-refractivity contribution in [3.63, 3.8) is 0 Å². The third-order valence-corrected chi connectivity index (χ3v) is 2.99. The number of nitrogens with zero attached hydrogens (tertiary/aromatic N) is 1. The third-order valence-electron chi connectivity index (χ3n) is 2.99. The second-order valence-corrected chi connectivity index (χ2v) is 4.58. The number of benzene rings is 2. The molecule has 2 aromatic carbocycles. The van der Waals surface area contributed by atoms with Crippen LogP contribution in [0.15, 0.2) is 42.5 Å². The van der Waals surface area contributed by atoms with Gasteiger partial charge >= 0.3 is 0 Å². The number of anilines is 1. The molecule has 2 rings (SSSR count). The first-order chi connectivity index (χ1) is 9.60. The average molecular weight is 265 g/mol. The molecule has 0 aliphatic rings. The van der Waals surface area contributed by atoms with E-state index in [1.54, 1.807) is 24.3 Å². The highest BCUT2D eigenvalue weighted by Crippen LogP contribution is 2.13. The zero-order valence-corrected chi connectivity index (χ0v) is 11.2. The lowest BCUT2D eigenvalue weighted by Gasteiger charge is -2.08. The summed E-state index contributed by atoms with van der Waals surface area (Å²) >= 11 is 0. The number of hydrogen-bond donors (Lipinski definition) is 2. The Labute approximate surface area is 117 Å². The van der Waals surface area contributed by atoms with Crippen LogP contribution in [0.1, 0.15) is 27.0 Å². The van der Waals surface area contributed by atoms with E-state index in [-0.39, 0.29) is 5.91 Å². The lowest BCUT2D eigenvalue weighted by molar-refractivity contribution is 0.0951. The number of nitrogen functional groups attached to an aromatic ring is 1. The molecule has 4 heteroatoms. The van der Waals surface area contributed by atoms with E-state index < -0.39 is 0 Å². The molecule has 0 heterocycles. The fourth-order valence-electron chi connectivity index (χ4n) is 1.84. The summed E-state index contributed by atoms with van der Waals surface area (Å²) in [7, 11) is 0. The van der Waals surface area contributed by atoms with Crippen LogP contribution in [0.2, 0.25) is 0 Å². The topological polar surface area (TPSA) is 78.9 Å². The number of rotatable bonds is 3. The molecule has 3 N–H and O–H groups in total. The Morgan fingerprint density at radius 3 is 2.60 bits per heavy atom. The fraction of sp³-hybridized carbons (Fsp3) is 0.125. The number of aryl methyl sites for hydroxylation is 1. The Bertz CT molecular complexity index is 669. The molecule has 4 nitrogen and oxygen atoms in total. The van der Waals surface area contributed by atoms with Crippen molar-refractivity contribution in [2.24, 2.45) is 0 Å². The highest BCUT2D eigenvalue weighted by atomic mass is 16.1. The second-order valence-electron chi connectivity index (χ2n) is 4.58. The smallest absolute Gasteiger partial charge is 0.253 e. The van der Waals surface area contributed by atoms with Gasteiger partial charge in [-0.2, -0.15) is 5.26 Å². The quantitative estimate of drug-likeness (QED) is 0.836. The van der Waals surface area contributed by atoms with Gasteiger partial charge in [-0.1, -0.05) is 23.8 Å². The summed E-state index contributed by atoms with van der Waals surface area (Å²) in [6, 6.07) is 14.5. The molecule has 100 valence electrons. The summed E-state index contributed by atoms with van der Waals surface area (Å²) in [6.07, 6.45) is 0. The van der Waals surface area contributed by atoms with E-state index in [0.717, 1.165) is 11.1 Å². The van der Waals surface area contributed by atoms with Gasteiger partial charge in [0.1, 0.15) is 0 Å². The first-order valence-electron chi connectivity index (χ1n) is 6.23. The molecule has 1 amide bonds. The summed E-state index contributed by atoms with van der Waals surface area (Å²) in [5, 5.41) is 11.5. The molecule has 0 unspecified atom stereocenters. The van der Waals surface area contributed by atoms with E-state index in [2.05, 4.69) is 11.4 Å². The van der Waals surface area contributed by atoms with Crippen molar-refractivity contribution < 1.29 is 4.79 Å². The normalized spacial score (nSPS) is 9.80. The Morgan fingerprint density at radius 2 is 1.95 bits per heavy atom. The van der Waals surface area contributed by atoms with Gasteiger partial charge in [-0.25, -0.2) is 0 Å². The lowest BCUT2D eigenvalue weighted by atomic mass is 10.1. The maximum Gasteiger partial charge on any atom is 0.253 e. The van der Waals surface area contributed by atoms with E-state index >= 15 is 0 Å². The Balaban J connectivity index is 2.04. The van der Waals surface area contributed by atoms with Gasteiger partial charge in [-0.3, -0.25) is 4.79 Å². The minimum atomic E-state index is -0.199. The number of nitrogens with one attached hydrogen (secondary N) is 1. The summed E-state index contributed by atoms with van der Waals surface area (Å²) < 4.78 is 0. The van der Waals surface area contributed by atoms with Gasteiger partial charge in [0.25, 0.3) is 5.91 Å². The Morgan fingerprint density at radius 1 is 1.25 bits per heavy atom. The lowest BCUT2D eigenvalue weighted by Crippen LogP contribution is -2.23. The molecule has 0 saturated carbocycles. The first-order valence-corrected chi connectivity index (χ1v) is 6.23. The first kappa shape index (κ1) is 13.6. The Hall–Kier alpha value is -2.80. The van der Waals surface area contributed by atoms with Crippen LogP contribution in [-0.2, 0) is 6.54 Å². The Kier molecular flexibility index (Phi) is 4.02. The fourth-order valence-corrected chi connectivity index (χ4v) is 1.84. The molecule has 0 aliphatic heterocycles. The number of nitrogens with two attached hydrogens (primary N) is 1. The summed E-state index contributed by atoms with van der Waals surface area (Å²) in [5.41, 5.74) is 9.27. The van der Waals surface area contributed by atoms with Crippen LogP contribution < -0.4 is 11.1 Å². The van der Waals surface area contributed by atoms with Gasteiger partial charge in [0.05, 0.1) is 17.2 Å². The number of carbonyl (C=O) groups excluding carboxylic acids is 1. The van der Waals surface area contributed by atoms with Gasteiger partial charge in [0.2, 0.25) is 0 Å². The molecule has 0 atom stereocenters. The van der Waals surface area contributed by atoms with Crippen LogP contribution in [0.4, 0.5) is 5.69 Å². The molecular weight excluding hydrogens is 250 g/mol. The van der Waals surface area contributed by atoms with Gasteiger partial charge in [0, 0.05) is 12.2 Å². The van der Waals surface area contributed by atoms with Gasteiger partial charge in [-0.05, 0) is 36.8 Å². The molecule has 0 aromatic heterocycles. The van der Waals surface area contributed by atoms with Gasteiger partial charge in [-0.15, -0.1) is 0 Å². The van der Waals surface area contributed by atoms with E-state index in [9.17, 15) is 4.79 Å². The van der Waals surface area contributed by atoms with Crippen LogP contribution >= 0.6 is 0 Å². The van der Waals surface area contributed by atoms with Crippen molar-refractivity contribution in [1.29, 1.82) is 5.26 Å². The van der Waals surface area contributed by atoms with Crippen molar-refractivity contribution in [2.75, 3.05) is 5.73 Å². The second kappa shape index (κ2) is 5.89. The van der Waals surface area contributed by atoms with Gasteiger partial charge in [0.15, 0.2) is 0 Å². The van der Waals surface area contributed by atoms with E-state index in [1.165, 1.54) is 0 Å². The molecule has 0 saturated heterocycles. The zero-order valence-electron chi connectivity index (χ0n) is 11.2. The van der Waals surface area contributed by atoms with Crippen LogP contribution in [0.3, 0.4) is 0 Å². The van der Waals surface area contributed by atoms with Crippen molar-refractivity contribution in [3.05, 3.63) is 64.7 Å². The minimum Gasteiger partial charge on any atom is -0.398 e. The molecule has 0 bridgehead atoms. The molecule has 0 radical (unpaired) electrons. The predicted octanol–water partition coefficient (Wildman–Crippen LogP) is 2.38. The molecule has 0 fully saturated rings. The van der Waals surface area contributed by atoms with E-state index in [1.807, 2.05) is 25.1 Å². The number of amides is 1. The SMILES string of the molecule is Cc1ccc(N)c(C(=O)NCc2ccc(C#N)cc2)c1. The van der Waals surface area contributed by atoms with Crippen LogP contribution in [0.5, 0.6) is 0 Å². The number of hydrogen-bond acceptors (Lipinski definition) is 3. The summed E-state index contributed by atoms with van der Waals surface area (Å²) in [6.45, 7) is 2.31. The largest absolute Gasteiger partial charge is 0.398 e. The summed E-state index contributed by atoms with van der Waals surface area (Å²) in [4.78, 5) is 12.1. The predicted molar refractivity (Wildman–Crippen MR) is 77.9 cm³/mol. The number of nitriles is 1. The highest BCUT2D eigenvalue weighted by molar-refractivity contribution is 5.99. The molecular formula is C16H15N3O. The monoisotopic (exact) mass is 265 g/mol. The minimum absolute atomic E-state index is 0.199. The summed E-state index contributed by atoms with van der Waals surface area (Å²) in [5.74, 6) is -0.199. The van der Waals surface area contributed by atoms with E-state index in [0.29, 0.717) is 23.4 Å². The standard InChI is InChI=1S/C16H15N3O/c1-11-2-7-15(18)14(8-11)16(20)19-10-13-5-3-12(9-17)4-6-13/h2-8H,10,18H2,1H3,(H,19,20). The van der Waals surface area contributed by atoms with Gasteiger partial charge < -0.3 is 11.1 Å². The average Bonchev–Trinajstić information content (AvgIpc) is 2.47. The van der Waals surface area contributed by atoms with Crippen LogP contribution in [0.25, 0.3) is 0 Å². The zero-order chi connectivity index (χ0) is 14.5. The molecule has 0 aliphatic carbocycles. The van der Waals surface area contributed by atoms with Crippen LogP contribution in [-0.4, -0.2) is 5.91 Å². The van der Waals surface area contributed by atoms with Crippen molar-refractivity contribution >= 4 is 11.6 Å². The highest BCUT2D eigenvalue weighted by Gasteiger charge is 2.09. The van der Waals surface area contributed by atoms with Crippen molar-refractivity contribution in [1.82, 2.24) is 5.32 Å². The van der Waals surface area contributed by atoms with Crippen molar-refractivity contribution in [3.8, 4) is 6.07 Å². The molecule has 0 spiro atoms. The number of carbonyl (C=O) groups is 1. The molecule has 2 aromatic rings. The van der Waals surface area contributed by atoms with Crippen molar-refractivity contribution in [2.45, 2.75) is 13.5 Å². The maximum atomic E-state index is 12.1. The third kappa shape index (κ3) is 3.15. The van der Waals surface area contributed by atoms with E-state index in [4.69, 9.17) is 11.0 Å².